The Hall–Kier alpha value is -2.36. The van der Waals surface area contributed by atoms with Crippen LogP contribution in [0, 0.1) is 0 Å². The van der Waals surface area contributed by atoms with Crippen molar-refractivity contribution >= 4 is 11.5 Å². The van der Waals surface area contributed by atoms with Crippen molar-refractivity contribution in [1.82, 2.24) is 4.98 Å². The number of hydrogen-bond donors (Lipinski definition) is 1. The molecule has 1 atom stereocenters. The zero-order valence-electron chi connectivity index (χ0n) is 12.4. The zero-order valence-corrected chi connectivity index (χ0v) is 12.4. The minimum Gasteiger partial charge on any atom is -0.492 e. The van der Waals surface area contributed by atoms with Gasteiger partial charge in [0.25, 0.3) is 0 Å². The number of ether oxygens (including phenoxy) is 1. The van der Waals surface area contributed by atoms with Gasteiger partial charge in [-0.3, -0.25) is 9.78 Å². The minimum absolute atomic E-state index is 0.0633. The highest BCUT2D eigenvalue weighted by molar-refractivity contribution is 5.96. The minimum atomic E-state index is 0.0633. The van der Waals surface area contributed by atoms with Crippen LogP contribution in [0.5, 0.6) is 5.75 Å². The van der Waals surface area contributed by atoms with E-state index in [1.165, 1.54) is 0 Å². The van der Waals surface area contributed by atoms with Crippen molar-refractivity contribution in [3.63, 3.8) is 0 Å². The zero-order chi connectivity index (χ0) is 15.2. The molecule has 0 bridgehead atoms. The number of aromatic nitrogens is 1. The van der Waals surface area contributed by atoms with E-state index >= 15 is 0 Å². The first-order valence-electron chi connectivity index (χ1n) is 7.06. The van der Waals surface area contributed by atoms with E-state index in [9.17, 15) is 4.79 Å². The predicted octanol–water partition coefficient (Wildman–Crippen LogP) is 3.44. The van der Waals surface area contributed by atoms with E-state index in [2.05, 4.69) is 4.98 Å². The van der Waals surface area contributed by atoms with Gasteiger partial charge in [0.15, 0.2) is 5.78 Å². The van der Waals surface area contributed by atoms with E-state index < -0.39 is 0 Å². The molecular formula is C17H20N2O2. The highest BCUT2D eigenvalue weighted by atomic mass is 16.5. The van der Waals surface area contributed by atoms with Crippen LogP contribution < -0.4 is 10.5 Å². The number of nitrogens with zero attached hydrogens (tertiary/aromatic N) is 1. The highest BCUT2D eigenvalue weighted by Crippen LogP contribution is 2.23. The lowest BCUT2D eigenvalue weighted by Gasteiger charge is -2.12. The lowest BCUT2D eigenvalue weighted by atomic mass is 9.93. The molecule has 0 amide bonds. The Morgan fingerprint density at radius 2 is 2.00 bits per heavy atom. The van der Waals surface area contributed by atoms with E-state index in [4.69, 9.17) is 10.5 Å². The molecule has 0 saturated carbocycles. The van der Waals surface area contributed by atoms with Gasteiger partial charge < -0.3 is 10.5 Å². The number of carbonyl (C=O) groups excluding carboxylic acids is 1. The lowest BCUT2D eigenvalue weighted by Crippen LogP contribution is -2.06. The van der Waals surface area contributed by atoms with Crippen molar-refractivity contribution in [2.75, 3.05) is 12.3 Å². The fourth-order valence-corrected chi connectivity index (χ4v) is 2.16. The summed E-state index contributed by atoms with van der Waals surface area (Å²) in [6, 6.07) is 9.37. The van der Waals surface area contributed by atoms with E-state index in [1.807, 2.05) is 38.1 Å². The van der Waals surface area contributed by atoms with Gasteiger partial charge in [-0.25, -0.2) is 0 Å². The Balaban J connectivity index is 2.06. The number of nitrogen functional groups attached to an aromatic ring is 1. The Bertz CT molecular complexity index is 608. The summed E-state index contributed by atoms with van der Waals surface area (Å²) in [6.45, 7) is 4.49. The van der Waals surface area contributed by atoms with Crippen LogP contribution in [0.3, 0.4) is 0 Å². The summed E-state index contributed by atoms with van der Waals surface area (Å²) < 4.78 is 5.37. The summed E-state index contributed by atoms with van der Waals surface area (Å²) in [5, 5.41) is 0. The molecule has 2 rings (SSSR count). The molecule has 4 heteroatoms. The molecule has 0 fully saturated rings. The van der Waals surface area contributed by atoms with E-state index in [0.29, 0.717) is 24.3 Å². The SMILES string of the molecule is CCOc1cncc(C(=O)CC(C)c2ccc(N)cc2)c1. The average molecular weight is 284 g/mol. The average Bonchev–Trinajstić information content (AvgIpc) is 2.48. The van der Waals surface area contributed by atoms with Gasteiger partial charge in [-0.2, -0.15) is 0 Å². The fourth-order valence-electron chi connectivity index (χ4n) is 2.16. The number of benzene rings is 1. The summed E-state index contributed by atoms with van der Waals surface area (Å²) in [5.41, 5.74) is 8.09. The van der Waals surface area contributed by atoms with Crippen molar-refractivity contribution in [3.05, 3.63) is 53.9 Å². The molecule has 0 aliphatic rings. The first-order valence-corrected chi connectivity index (χ1v) is 7.06. The molecule has 0 saturated heterocycles. The van der Waals surface area contributed by atoms with Crippen molar-refractivity contribution in [1.29, 1.82) is 0 Å². The van der Waals surface area contributed by atoms with Gasteiger partial charge in [-0.15, -0.1) is 0 Å². The second-order valence-corrected chi connectivity index (χ2v) is 5.04. The molecule has 2 N–H and O–H groups in total. The van der Waals surface area contributed by atoms with Crippen molar-refractivity contribution in [2.45, 2.75) is 26.2 Å². The Kier molecular flexibility index (Phi) is 4.93. The maximum atomic E-state index is 12.3. The summed E-state index contributed by atoms with van der Waals surface area (Å²) in [5.74, 6) is 0.825. The highest BCUT2D eigenvalue weighted by Gasteiger charge is 2.14. The van der Waals surface area contributed by atoms with Crippen LogP contribution in [-0.4, -0.2) is 17.4 Å². The molecule has 1 aromatic heterocycles. The first-order chi connectivity index (χ1) is 10.1. The summed E-state index contributed by atoms with van der Waals surface area (Å²) >= 11 is 0. The van der Waals surface area contributed by atoms with Crippen molar-refractivity contribution in [3.8, 4) is 5.75 Å². The molecule has 4 nitrogen and oxygen atoms in total. The molecule has 0 aliphatic carbocycles. The standard InChI is InChI=1S/C17H20N2O2/c1-3-21-16-9-14(10-19-11-16)17(20)8-12(2)13-4-6-15(18)7-5-13/h4-7,9-12H,3,8,18H2,1-2H3. The van der Waals surface area contributed by atoms with E-state index in [-0.39, 0.29) is 11.7 Å². The lowest BCUT2D eigenvalue weighted by molar-refractivity contribution is 0.0975. The Labute approximate surface area is 125 Å². The van der Waals surface area contributed by atoms with Crippen LogP contribution in [-0.2, 0) is 0 Å². The molecule has 0 spiro atoms. The summed E-state index contributed by atoms with van der Waals surface area (Å²) in [7, 11) is 0. The first kappa shape index (κ1) is 15.0. The topological polar surface area (TPSA) is 65.2 Å². The molecular weight excluding hydrogens is 264 g/mol. The monoisotopic (exact) mass is 284 g/mol. The van der Waals surface area contributed by atoms with Crippen LogP contribution >= 0.6 is 0 Å². The van der Waals surface area contributed by atoms with Crippen LogP contribution in [0.1, 0.15) is 42.1 Å². The van der Waals surface area contributed by atoms with Gasteiger partial charge in [0, 0.05) is 23.9 Å². The number of anilines is 1. The number of ketones is 1. The van der Waals surface area contributed by atoms with Gasteiger partial charge in [0.1, 0.15) is 5.75 Å². The van der Waals surface area contributed by atoms with Gasteiger partial charge >= 0.3 is 0 Å². The Morgan fingerprint density at radius 3 is 2.67 bits per heavy atom. The molecule has 1 unspecified atom stereocenters. The maximum absolute atomic E-state index is 12.3. The number of hydrogen-bond acceptors (Lipinski definition) is 4. The molecule has 110 valence electrons. The third kappa shape index (κ3) is 4.05. The molecule has 0 aliphatic heterocycles. The van der Waals surface area contributed by atoms with Crippen LogP contribution in [0.2, 0.25) is 0 Å². The number of carbonyl (C=O) groups is 1. The van der Waals surface area contributed by atoms with Crippen molar-refractivity contribution in [2.24, 2.45) is 0 Å². The smallest absolute Gasteiger partial charge is 0.165 e. The van der Waals surface area contributed by atoms with Crippen LogP contribution in [0.4, 0.5) is 5.69 Å². The van der Waals surface area contributed by atoms with Gasteiger partial charge in [-0.1, -0.05) is 19.1 Å². The molecule has 0 radical (unpaired) electrons. The van der Waals surface area contributed by atoms with Gasteiger partial charge in [0.05, 0.1) is 12.8 Å². The molecule has 1 heterocycles. The summed E-state index contributed by atoms with van der Waals surface area (Å²) in [6.07, 6.45) is 3.63. The largest absolute Gasteiger partial charge is 0.492 e. The molecule has 2 aromatic rings. The van der Waals surface area contributed by atoms with Crippen molar-refractivity contribution < 1.29 is 9.53 Å². The normalized spacial score (nSPS) is 11.9. The predicted molar refractivity (Wildman–Crippen MR) is 83.6 cm³/mol. The fraction of sp³-hybridized carbons (Fsp3) is 0.294. The number of nitrogens with two attached hydrogens (primary N) is 1. The third-order valence-corrected chi connectivity index (χ3v) is 3.34. The second kappa shape index (κ2) is 6.88. The number of Topliss-reactive ketones (excluding diaryl/α,β-unsaturated/α-hetero) is 1. The maximum Gasteiger partial charge on any atom is 0.165 e. The molecule has 1 aromatic carbocycles. The number of rotatable bonds is 6. The Morgan fingerprint density at radius 1 is 1.29 bits per heavy atom. The molecule has 21 heavy (non-hydrogen) atoms. The number of pyridine rings is 1. The van der Waals surface area contributed by atoms with Gasteiger partial charge in [0.2, 0.25) is 0 Å². The van der Waals surface area contributed by atoms with Gasteiger partial charge in [-0.05, 0) is 36.6 Å². The second-order valence-electron chi connectivity index (χ2n) is 5.04. The summed E-state index contributed by atoms with van der Waals surface area (Å²) in [4.78, 5) is 16.4. The van der Waals surface area contributed by atoms with Crippen LogP contribution in [0.15, 0.2) is 42.7 Å². The van der Waals surface area contributed by atoms with Crippen LogP contribution in [0.25, 0.3) is 0 Å². The quantitative estimate of drug-likeness (QED) is 0.652. The third-order valence-electron chi connectivity index (χ3n) is 3.34. The van der Waals surface area contributed by atoms with E-state index in [0.717, 1.165) is 11.3 Å². The van der Waals surface area contributed by atoms with E-state index in [1.54, 1.807) is 18.5 Å².